The van der Waals surface area contributed by atoms with Gasteiger partial charge in [-0.2, -0.15) is 0 Å². The molecule has 2 aromatic heterocycles. The van der Waals surface area contributed by atoms with Crippen molar-refractivity contribution >= 4 is 11.2 Å². The second-order valence-corrected chi connectivity index (χ2v) is 5.72. The smallest absolute Gasteiger partial charge is 0.314 e. The molecule has 6 heteroatoms. The number of aryl methyl sites for hydroxylation is 3. The number of aromatic nitrogens is 4. The highest BCUT2D eigenvalue weighted by Crippen LogP contribution is 2.08. The van der Waals surface area contributed by atoms with E-state index in [2.05, 4.69) is 22.7 Å². The molecule has 0 amide bonds. The van der Waals surface area contributed by atoms with Crippen molar-refractivity contribution in [1.82, 2.24) is 18.7 Å². The average Bonchev–Trinajstić information content (AvgIpc) is 2.93. The van der Waals surface area contributed by atoms with Gasteiger partial charge in [0.15, 0.2) is 17.0 Å². The van der Waals surface area contributed by atoms with Gasteiger partial charge in [-0.15, -0.1) is 6.42 Å². The molecule has 25 heavy (non-hydrogen) atoms. The van der Waals surface area contributed by atoms with Gasteiger partial charge in [-0.05, 0) is 25.0 Å². The Labute approximate surface area is 144 Å². The summed E-state index contributed by atoms with van der Waals surface area (Å²) in [6.45, 7) is 1.92. The Hall–Kier alpha value is -3.51. The zero-order valence-electron chi connectivity index (χ0n) is 14.2. The van der Waals surface area contributed by atoms with E-state index in [0.717, 1.165) is 15.7 Å². The van der Waals surface area contributed by atoms with E-state index >= 15 is 0 Å². The normalized spacial score (nSPS) is 10.3. The minimum absolute atomic E-state index is 0.0863. The largest absolute Gasteiger partial charge is 0.333 e. The molecule has 0 fully saturated rings. The first kappa shape index (κ1) is 16.4. The van der Waals surface area contributed by atoms with Crippen LogP contribution < -0.4 is 11.2 Å². The highest BCUT2D eigenvalue weighted by atomic mass is 16.2. The Morgan fingerprint density at radius 3 is 2.40 bits per heavy atom. The number of imidazole rings is 1. The Bertz CT molecular complexity index is 1190. The fourth-order valence-corrected chi connectivity index (χ4v) is 2.55. The van der Waals surface area contributed by atoms with Gasteiger partial charge in [-0.3, -0.25) is 9.36 Å². The van der Waals surface area contributed by atoms with E-state index < -0.39 is 11.2 Å². The number of benzene rings is 1. The van der Waals surface area contributed by atoms with Crippen molar-refractivity contribution in [1.29, 1.82) is 0 Å². The van der Waals surface area contributed by atoms with Crippen molar-refractivity contribution in [3.63, 3.8) is 0 Å². The first-order valence-corrected chi connectivity index (χ1v) is 7.62. The van der Waals surface area contributed by atoms with Gasteiger partial charge in [0.05, 0.1) is 6.54 Å². The lowest BCUT2D eigenvalue weighted by Crippen LogP contribution is -2.39. The molecular weight excluding hydrogens is 316 g/mol. The quantitative estimate of drug-likeness (QED) is 0.619. The summed E-state index contributed by atoms with van der Waals surface area (Å²) in [5.74, 6) is 8.71. The summed E-state index contributed by atoms with van der Waals surface area (Å²) in [5.41, 5.74) is 1.62. The van der Waals surface area contributed by atoms with E-state index in [9.17, 15) is 9.59 Å². The predicted octanol–water partition coefficient (Wildman–Crippen LogP) is 0.775. The first-order valence-electron chi connectivity index (χ1n) is 7.62. The van der Waals surface area contributed by atoms with Crippen molar-refractivity contribution in [3.8, 4) is 24.2 Å². The summed E-state index contributed by atoms with van der Waals surface area (Å²) in [4.78, 5) is 29.2. The molecule has 124 valence electrons. The maximum Gasteiger partial charge on any atom is 0.333 e. The summed E-state index contributed by atoms with van der Waals surface area (Å²) in [6.07, 6.45) is 5.26. The van der Waals surface area contributed by atoms with Crippen LogP contribution in [0.5, 0.6) is 0 Å². The molecule has 0 saturated carbocycles. The topological polar surface area (TPSA) is 61.8 Å². The molecular formula is C19H16N4O2. The number of rotatable bonds is 1. The number of terminal acetylenes is 1. The summed E-state index contributed by atoms with van der Waals surface area (Å²) in [7, 11) is 3.25. The highest BCUT2D eigenvalue weighted by molar-refractivity contribution is 5.72. The van der Waals surface area contributed by atoms with Gasteiger partial charge < -0.3 is 4.57 Å². The fraction of sp³-hybridized carbons (Fsp3) is 0.211. The van der Waals surface area contributed by atoms with Gasteiger partial charge in [0.1, 0.15) is 0 Å². The number of nitrogens with zero attached hydrogens (tertiary/aromatic N) is 4. The SMILES string of the molecule is C#CCn1c(=O)c2c(nc(C#Cc3ccc(C)cc3)n2C)n(C)c1=O. The maximum absolute atomic E-state index is 12.6. The summed E-state index contributed by atoms with van der Waals surface area (Å²) >= 11 is 0. The number of hydrogen-bond donors (Lipinski definition) is 0. The molecule has 0 atom stereocenters. The summed E-state index contributed by atoms with van der Waals surface area (Å²) < 4.78 is 3.91. The standard InChI is InChI=1S/C19H16N4O2/c1-5-12-23-18(24)16-17(22(4)19(23)25)20-15(21(16)3)11-10-14-8-6-13(2)7-9-14/h1,6-9H,12H2,2-4H3. The number of fused-ring (bicyclic) bond motifs is 1. The fourth-order valence-electron chi connectivity index (χ4n) is 2.55. The van der Waals surface area contributed by atoms with Gasteiger partial charge in [0.25, 0.3) is 5.56 Å². The molecule has 2 heterocycles. The van der Waals surface area contributed by atoms with Gasteiger partial charge in [0, 0.05) is 19.7 Å². The molecule has 1 aromatic carbocycles. The molecule has 0 radical (unpaired) electrons. The van der Waals surface area contributed by atoms with Gasteiger partial charge >= 0.3 is 5.69 Å². The van der Waals surface area contributed by atoms with Crippen molar-refractivity contribution in [2.75, 3.05) is 0 Å². The van der Waals surface area contributed by atoms with Gasteiger partial charge in [-0.1, -0.05) is 29.5 Å². The van der Waals surface area contributed by atoms with Crippen LogP contribution in [0.25, 0.3) is 11.2 Å². The van der Waals surface area contributed by atoms with E-state index in [1.165, 1.54) is 4.57 Å². The van der Waals surface area contributed by atoms with Gasteiger partial charge in [-0.25, -0.2) is 14.3 Å². The van der Waals surface area contributed by atoms with Crippen LogP contribution >= 0.6 is 0 Å². The van der Waals surface area contributed by atoms with Crippen LogP contribution in [0.2, 0.25) is 0 Å². The predicted molar refractivity (Wildman–Crippen MR) is 96.2 cm³/mol. The Morgan fingerprint density at radius 2 is 1.76 bits per heavy atom. The van der Waals surface area contributed by atoms with Crippen molar-refractivity contribution < 1.29 is 0 Å². The Kier molecular flexibility index (Phi) is 4.04. The summed E-state index contributed by atoms with van der Waals surface area (Å²) in [5, 5.41) is 0. The van der Waals surface area contributed by atoms with Crippen LogP contribution in [0.4, 0.5) is 0 Å². The monoisotopic (exact) mass is 332 g/mol. The van der Waals surface area contributed by atoms with Crippen molar-refractivity contribution in [2.45, 2.75) is 13.5 Å². The van der Waals surface area contributed by atoms with Crippen molar-refractivity contribution in [2.24, 2.45) is 14.1 Å². The molecule has 6 nitrogen and oxygen atoms in total. The third kappa shape index (κ3) is 2.75. The highest BCUT2D eigenvalue weighted by Gasteiger charge is 2.17. The molecule has 3 aromatic rings. The molecule has 0 aliphatic heterocycles. The van der Waals surface area contributed by atoms with Crippen LogP contribution in [0, 0.1) is 31.1 Å². The third-order valence-corrected chi connectivity index (χ3v) is 3.98. The van der Waals surface area contributed by atoms with E-state index in [1.807, 2.05) is 31.2 Å². The average molecular weight is 332 g/mol. The second kappa shape index (κ2) is 6.18. The second-order valence-electron chi connectivity index (χ2n) is 5.72. The van der Waals surface area contributed by atoms with E-state index in [-0.39, 0.29) is 6.54 Å². The van der Waals surface area contributed by atoms with E-state index in [1.54, 1.807) is 18.7 Å². The van der Waals surface area contributed by atoms with E-state index in [0.29, 0.717) is 17.0 Å². The summed E-state index contributed by atoms with van der Waals surface area (Å²) in [6, 6.07) is 7.78. The molecule has 0 unspecified atom stereocenters. The molecule has 3 rings (SSSR count). The molecule has 0 N–H and O–H groups in total. The minimum Gasteiger partial charge on any atom is -0.314 e. The Balaban J connectivity index is 2.22. The lowest BCUT2D eigenvalue weighted by molar-refractivity contribution is 0.674. The van der Waals surface area contributed by atoms with E-state index in [4.69, 9.17) is 6.42 Å². The van der Waals surface area contributed by atoms with Crippen LogP contribution in [0.3, 0.4) is 0 Å². The third-order valence-electron chi connectivity index (χ3n) is 3.98. The molecule has 0 aliphatic rings. The zero-order valence-corrected chi connectivity index (χ0v) is 14.2. The van der Waals surface area contributed by atoms with Gasteiger partial charge in [0.2, 0.25) is 0 Å². The molecule has 0 spiro atoms. The van der Waals surface area contributed by atoms with Crippen LogP contribution in [0.15, 0.2) is 33.9 Å². The van der Waals surface area contributed by atoms with Crippen LogP contribution in [0.1, 0.15) is 17.0 Å². The lowest BCUT2D eigenvalue weighted by Gasteiger charge is -2.05. The van der Waals surface area contributed by atoms with Crippen LogP contribution in [-0.2, 0) is 20.6 Å². The Morgan fingerprint density at radius 1 is 1.08 bits per heavy atom. The molecule has 0 aliphatic carbocycles. The maximum atomic E-state index is 12.6. The van der Waals surface area contributed by atoms with Crippen LogP contribution in [-0.4, -0.2) is 18.7 Å². The lowest BCUT2D eigenvalue weighted by atomic mass is 10.1. The van der Waals surface area contributed by atoms with Crippen molar-refractivity contribution in [3.05, 3.63) is 62.1 Å². The molecule has 0 saturated heterocycles. The molecule has 0 bridgehead atoms. The zero-order chi connectivity index (χ0) is 18.1. The minimum atomic E-state index is -0.494. The number of hydrogen-bond acceptors (Lipinski definition) is 3. The first-order chi connectivity index (χ1) is 11.9.